The fourth-order valence-electron chi connectivity index (χ4n) is 1.96. The molecule has 94 valence electrons. The van der Waals surface area contributed by atoms with Crippen LogP contribution >= 0.6 is 0 Å². The van der Waals surface area contributed by atoms with Crippen molar-refractivity contribution in [3.8, 4) is 5.75 Å². The molecule has 0 spiro atoms. The van der Waals surface area contributed by atoms with E-state index in [9.17, 15) is 5.11 Å². The Kier molecular flexibility index (Phi) is 2.98. The van der Waals surface area contributed by atoms with E-state index in [0.717, 1.165) is 22.2 Å². The highest BCUT2D eigenvalue weighted by atomic mass is 16.3. The van der Waals surface area contributed by atoms with E-state index >= 15 is 0 Å². The van der Waals surface area contributed by atoms with Gasteiger partial charge < -0.3 is 10.4 Å². The van der Waals surface area contributed by atoms with Crippen LogP contribution in [0.1, 0.15) is 5.56 Å². The molecule has 1 heterocycles. The molecule has 1 aromatic heterocycles. The number of benzene rings is 2. The summed E-state index contributed by atoms with van der Waals surface area (Å²) < 4.78 is 0. The number of aromatic hydroxyl groups is 1. The van der Waals surface area contributed by atoms with Crippen LogP contribution in [0, 0.1) is 0 Å². The van der Waals surface area contributed by atoms with Gasteiger partial charge in [-0.25, -0.2) is 0 Å². The SMILES string of the molecule is Oc1ccc(CNc2cnnc3ccccc23)cc1. The van der Waals surface area contributed by atoms with E-state index in [1.807, 2.05) is 36.4 Å². The fourth-order valence-corrected chi connectivity index (χ4v) is 1.96. The summed E-state index contributed by atoms with van der Waals surface area (Å²) in [4.78, 5) is 0. The molecule has 0 aliphatic rings. The van der Waals surface area contributed by atoms with Crippen LogP contribution in [-0.2, 0) is 6.54 Å². The highest BCUT2D eigenvalue weighted by Crippen LogP contribution is 2.20. The lowest BCUT2D eigenvalue weighted by Gasteiger charge is -2.08. The standard InChI is InChI=1S/C15H13N3O/c19-12-7-5-11(6-8-12)9-16-15-10-17-18-14-4-2-1-3-13(14)15/h1-8,10,19H,9H2,(H,16,18). The van der Waals surface area contributed by atoms with Gasteiger partial charge in [-0.05, 0) is 23.8 Å². The second-order valence-corrected chi connectivity index (χ2v) is 4.30. The molecule has 4 heteroatoms. The van der Waals surface area contributed by atoms with Crippen LogP contribution in [-0.4, -0.2) is 15.3 Å². The zero-order valence-electron chi connectivity index (χ0n) is 10.2. The highest BCUT2D eigenvalue weighted by molar-refractivity contribution is 5.90. The maximum absolute atomic E-state index is 9.24. The van der Waals surface area contributed by atoms with Crippen molar-refractivity contribution in [2.24, 2.45) is 0 Å². The van der Waals surface area contributed by atoms with Gasteiger partial charge in [0.2, 0.25) is 0 Å². The number of rotatable bonds is 3. The van der Waals surface area contributed by atoms with Gasteiger partial charge in [0.25, 0.3) is 0 Å². The minimum Gasteiger partial charge on any atom is -0.508 e. The summed E-state index contributed by atoms with van der Waals surface area (Å²) in [6.07, 6.45) is 1.72. The molecule has 0 saturated heterocycles. The summed E-state index contributed by atoms with van der Waals surface area (Å²) >= 11 is 0. The Morgan fingerprint density at radius 3 is 2.63 bits per heavy atom. The maximum atomic E-state index is 9.24. The van der Waals surface area contributed by atoms with Crippen LogP contribution in [0.15, 0.2) is 54.7 Å². The van der Waals surface area contributed by atoms with Crippen LogP contribution in [0.25, 0.3) is 10.9 Å². The van der Waals surface area contributed by atoms with E-state index in [-0.39, 0.29) is 5.75 Å². The molecule has 0 radical (unpaired) electrons. The summed E-state index contributed by atoms with van der Waals surface area (Å²) in [5.74, 6) is 0.278. The Hall–Kier alpha value is -2.62. The molecule has 3 rings (SSSR count). The van der Waals surface area contributed by atoms with Crippen molar-refractivity contribution in [1.82, 2.24) is 10.2 Å². The van der Waals surface area contributed by atoms with Gasteiger partial charge in [-0.15, -0.1) is 0 Å². The summed E-state index contributed by atoms with van der Waals surface area (Å²) in [5, 5.41) is 21.7. The Morgan fingerprint density at radius 2 is 1.79 bits per heavy atom. The molecule has 3 aromatic rings. The number of hydrogen-bond acceptors (Lipinski definition) is 4. The normalized spacial score (nSPS) is 10.5. The summed E-state index contributed by atoms with van der Waals surface area (Å²) in [6.45, 7) is 0.677. The maximum Gasteiger partial charge on any atom is 0.115 e. The smallest absolute Gasteiger partial charge is 0.115 e. The largest absolute Gasteiger partial charge is 0.508 e. The first kappa shape index (κ1) is 11.5. The van der Waals surface area contributed by atoms with Gasteiger partial charge in [-0.2, -0.15) is 10.2 Å². The van der Waals surface area contributed by atoms with Gasteiger partial charge in [-0.3, -0.25) is 0 Å². The number of nitrogens with zero attached hydrogens (tertiary/aromatic N) is 2. The number of fused-ring (bicyclic) bond motifs is 1. The summed E-state index contributed by atoms with van der Waals surface area (Å²) in [6, 6.07) is 15.0. The van der Waals surface area contributed by atoms with Gasteiger partial charge in [0.15, 0.2) is 0 Å². The number of phenolic OH excluding ortho intramolecular Hbond substituents is 1. The topological polar surface area (TPSA) is 58.0 Å². The number of phenols is 1. The third-order valence-corrected chi connectivity index (χ3v) is 2.97. The van der Waals surface area contributed by atoms with Crippen molar-refractivity contribution < 1.29 is 5.11 Å². The Balaban J connectivity index is 1.84. The molecule has 19 heavy (non-hydrogen) atoms. The molecular weight excluding hydrogens is 238 g/mol. The van der Waals surface area contributed by atoms with Gasteiger partial charge >= 0.3 is 0 Å². The number of anilines is 1. The van der Waals surface area contributed by atoms with Crippen molar-refractivity contribution >= 4 is 16.6 Å². The number of aromatic nitrogens is 2. The molecule has 2 aromatic carbocycles. The lowest BCUT2D eigenvalue weighted by molar-refractivity contribution is 0.475. The van der Waals surface area contributed by atoms with E-state index in [0.29, 0.717) is 6.54 Å². The van der Waals surface area contributed by atoms with Crippen molar-refractivity contribution in [2.75, 3.05) is 5.32 Å². The second-order valence-electron chi connectivity index (χ2n) is 4.30. The predicted molar refractivity (Wildman–Crippen MR) is 75.0 cm³/mol. The minimum atomic E-state index is 0.278. The molecule has 0 bridgehead atoms. The summed E-state index contributed by atoms with van der Waals surface area (Å²) in [7, 11) is 0. The lowest BCUT2D eigenvalue weighted by Crippen LogP contribution is -2.01. The quantitative estimate of drug-likeness (QED) is 0.751. The average molecular weight is 251 g/mol. The van der Waals surface area contributed by atoms with Crippen molar-refractivity contribution in [3.05, 3.63) is 60.3 Å². The first-order valence-corrected chi connectivity index (χ1v) is 6.05. The Bertz CT molecular complexity index is 690. The highest BCUT2D eigenvalue weighted by Gasteiger charge is 2.01. The van der Waals surface area contributed by atoms with Crippen LogP contribution in [0.3, 0.4) is 0 Å². The molecule has 0 amide bonds. The average Bonchev–Trinajstić information content (AvgIpc) is 2.47. The van der Waals surface area contributed by atoms with Crippen LogP contribution in [0.2, 0.25) is 0 Å². The predicted octanol–water partition coefficient (Wildman–Crippen LogP) is 2.95. The molecule has 0 fully saturated rings. The van der Waals surface area contributed by atoms with Crippen molar-refractivity contribution in [1.29, 1.82) is 0 Å². The first-order chi connectivity index (χ1) is 9.33. The zero-order chi connectivity index (χ0) is 13.1. The van der Waals surface area contributed by atoms with E-state index in [1.165, 1.54) is 0 Å². The Morgan fingerprint density at radius 1 is 1.00 bits per heavy atom. The van der Waals surface area contributed by atoms with Gasteiger partial charge in [-0.1, -0.05) is 30.3 Å². The third kappa shape index (κ3) is 2.47. The van der Waals surface area contributed by atoms with Crippen molar-refractivity contribution in [3.63, 3.8) is 0 Å². The lowest BCUT2D eigenvalue weighted by atomic mass is 10.2. The molecule has 0 atom stereocenters. The monoisotopic (exact) mass is 251 g/mol. The van der Waals surface area contributed by atoms with Crippen LogP contribution in [0.4, 0.5) is 5.69 Å². The van der Waals surface area contributed by atoms with E-state index in [2.05, 4.69) is 15.5 Å². The second kappa shape index (κ2) is 4.94. The summed E-state index contributed by atoms with van der Waals surface area (Å²) in [5.41, 5.74) is 2.93. The van der Waals surface area contributed by atoms with Gasteiger partial charge in [0.1, 0.15) is 5.75 Å². The minimum absolute atomic E-state index is 0.278. The number of nitrogens with one attached hydrogen (secondary N) is 1. The molecule has 0 unspecified atom stereocenters. The van der Waals surface area contributed by atoms with Crippen LogP contribution < -0.4 is 5.32 Å². The van der Waals surface area contributed by atoms with Gasteiger partial charge in [0, 0.05) is 11.9 Å². The fraction of sp³-hybridized carbons (Fsp3) is 0.0667. The third-order valence-electron chi connectivity index (χ3n) is 2.97. The molecular formula is C15H13N3O. The van der Waals surface area contributed by atoms with E-state index in [1.54, 1.807) is 18.3 Å². The van der Waals surface area contributed by atoms with E-state index in [4.69, 9.17) is 0 Å². The molecule has 0 aliphatic heterocycles. The van der Waals surface area contributed by atoms with Crippen LogP contribution in [0.5, 0.6) is 5.75 Å². The molecule has 2 N–H and O–H groups in total. The molecule has 0 saturated carbocycles. The van der Waals surface area contributed by atoms with Crippen molar-refractivity contribution in [2.45, 2.75) is 6.54 Å². The Labute approximate surface area is 110 Å². The molecule has 0 aliphatic carbocycles. The molecule has 4 nitrogen and oxygen atoms in total. The van der Waals surface area contributed by atoms with Gasteiger partial charge in [0.05, 0.1) is 17.4 Å². The first-order valence-electron chi connectivity index (χ1n) is 6.05. The zero-order valence-corrected chi connectivity index (χ0v) is 10.2. The number of hydrogen-bond donors (Lipinski definition) is 2. The van der Waals surface area contributed by atoms with E-state index < -0.39 is 0 Å².